The molecule has 0 saturated heterocycles. The van der Waals surface area contributed by atoms with E-state index in [1.54, 1.807) is 33.9 Å². The second-order valence-corrected chi connectivity index (χ2v) is 3.74. The van der Waals surface area contributed by atoms with Crippen molar-refractivity contribution in [3.8, 4) is 0 Å². The Labute approximate surface area is 88.5 Å². The molecule has 0 bridgehead atoms. The Morgan fingerprint density at radius 1 is 1.40 bits per heavy atom. The van der Waals surface area contributed by atoms with Gasteiger partial charge in [-0.15, -0.1) is 0 Å². The third kappa shape index (κ3) is 2.68. The van der Waals surface area contributed by atoms with Crippen molar-refractivity contribution >= 4 is 5.97 Å². The summed E-state index contributed by atoms with van der Waals surface area (Å²) in [4.78, 5) is 22.9. The summed E-state index contributed by atoms with van der Waals surface area (Å²) in [7, 11) is 1.66. The Morgan fingerprint density at radius 3 is 2.47 bits per heavy atom. The fourth-order valence-electron chi connectivity index (χ4n) is 1.17. The van der Waals surface area contributed by atoms with Gasteiger partial charge in [0.15, 0.2) is 0 Å². The first-order valence-corrected chi connectivity index (χ1v) is 4.80. The number of rotatable bonds is 2. The first kappa shape index (κ1) is 11.5. The van der Waals surface area contributed by atoms with Gasteiger partial charge in [0.25, 0.3) is 5.56 Å². The molecule has 0 fully saturated rings. The van der Waals surface area contributed by atoms with Gasteiger partial charge in [-0.05, 0) is 26.8 Å². The average Bonchev–Trinajstić information content (AvgIpc) is 2.12. The maximum atomic E-state index is 11.5. The van der Waals surface area contributed by atoms with Crippen molar-refractivity contribution in [1.82, 2.24) is 4.57 Å². The van der Waals surface area contributed by atoms with Crippen LogP contribution in [0.15, 0.2) is 16.9 Å². The molecule has 0 aliphatic heterocycles. The van der Waals surface area contributed by atoms with Crippen LogP contribution < -0.4 is 5.56 Å². The zero-order valence-corrected chi connectivity index (χ0v) is 9.40. The predicted molar refractivity (Wildman–Crippen MR) is 57.0 cm³/mol. The summed E-state index contributed by atoms with van der Waals surface area (Å²) >= 11 is 0. The molecule has 0 unspecified atom stereocenters. The summed E-state index contributed by atoms with van der Waals surface area (Å²) < 4.78 is 6.48. The summed E-state index contributed by atoms with van der Waals surface area (Å²) in [6.45, 7) is 5.31. The highest BCUT2D eigenvalue weighted by Crippen LogP contribution is 2.04. The van der Waals surface area contributed by atoms with Gasteiger partial charge in [0.05, 0.1) is 11.7 Å². The van der Waals surface area contributed by atoms with Crippen molar-refractivity contribution in [1.29, 1.82) is 0 Å². The van der Waals surface area contributed by atoms with Crippen molar-refractivity contribution < 1.29 is 9.53 Å². The summed E-state index contributed by atoms with van der Waals surface area (Å²) in [5.74, 6) is -0.453. The molecule has 82 valence electrons. The first-order chi connectivity index (χ1) is 6.91. The highest BCUT2D eigenvalue weighted by atomic mass is 16.5. The van der Waals surface area contributed by atoms with E-state index in [1.807, 2.05) is 0 Å². The Bertz CT molecular complexity index is 432. The number of hydrogen-bond acceptors (Lipinski definition) is 3. The van der Waals surface area contributed by atoms with E-state index < -0.39 is 5.97 Å². The number of ether oxygens (including phenoxy) is 1. The Balaban J connectivity index is 3.07. The van der Waals surface area contributed by atoms with Gasteiger partial charge >= 0.3 is 5.97 Å². The molecular weight excluding hydrogens is 194 g/mol. The number of carbonyl (C=O) groups excluding carboxylic acids is 1. The Kier molecular flexibility index (Phi) is 3.29. The lowest BCUT2D eigenvalue weighted by Crippen LogP contribution is -2.21. The molecule has 1 aromatic heterocycles. The van der Waals surface area contributed by atoms with Crippen LogP contribution in [0.1, 0.15) is 29.9 Å². The molecule has 0 aromatic carbocycles. The van der Waals surface area contributed by atoms with Gasteiger partial charge in [-0.2, -0.15) is 0 Å². The third-order valence-corrected chi connectivity index (χ3v) is 2.08. The molecule has 0 atom stereocenters. The van der Waals surface area contributed by atoms with E-state index in [0.29, 0.717) is 5.56 Å². The lowest BCUT2D eigenvalue weighted by atomic mass is 10.2. The van der Waals surface area contributed by atoms with Crippen LogP contribution in [0.2, 0.25) is 0 Å². The Hall–Kier alpha value is -1.58. The summed E-state index contributed by atoms with van der Waals surface area (Å²) in [5.41, 5.74) is 0.841. The number of carbonyl (C=O) groups is 1. The molecule has 0 radical (unpaired) electrons. The van der Waals surface area contributed by atoms with Crippen LogP contribution in [-0.4, -0.2) is 16.6 Å². The molecule has 0 amide bonds. The van der Waals surface area contributed by atoms with Crippen LogP contribution in [0, 0.1) is 6.92 Å². The zero-order chi connectivity index (χ0) is 11.6. The van der Waals surface area contributed by atoms with Crippen LogP contribution >= 0.6 is 0 Å². The molecule has 0 spiro atoms. The van der Waals surface area contributed by atoms with Crippen LogP contribution in [0.5, 0.6) is 0 Å². The van der Waals surface area contributed by atoms with Crippen molar-refractivity contribution in [3.63, 3.8) is 0 Å². The number of pyridine rings is 1. The molecule has 0 aliphatic carbocycles. The van der Waals surface area contributed by atoms with E-state index in [0.717, 1.165) is 5.69 Å². The average molecular weight is 209 g/mol. The van der Waals surface area contributed by atoms with Gasteiger partial charge in [0.2, 0.25) is 0 Å². The minimum absolute atomic E-state index is 0.179. The fraction of sp³-hybridized carbons (Fsp3) is 0.455. The van der Waals surface area contributed by atoms with Crippen LogP contribution in [0.3, 0.4) is 0 Å². The molecular formula is C11H15NO3. The molecule has 0 aliphatic rings. The number of nitrogens with zero attached hydrogens (tertiary/aromatic N) is 1. The molecule has 1 aromatic rings. The second-order valence-electron chi connectivity index (χ2n) is 3.74. The van der Waals surface area contributed by atoms with Crippen LogP contribution in [0.4, 0.5) is 0 Å². The van der Waals surface area contributed by atoms with E-state index in [1.165, 1.54) is 10.6 Å². The van der Waals surface area contributed by atoms with Crippen LogP contribution in [0.25, 0.3) is 0 Å². The fourth-order valence-corrected chi connectivity index (χ4v) is 1.17. The lowest BCUT2D eigenvalue weighted by molar-refractivity contribution is 0.0377. The van der Waals surface area contributed by atoms with Gasteiger partial charge in [0, 0.05) is 18.8 Å². The van der Waals surface area contributed by atoms with Crippen LogP contribution in [-0.2, 0) is 11.8 Å². The van der Waals surface area contributed by atoms with Gasteiger partial charge in [-0.3, -0.25) is 4.79 Å². The number of aryl methyl sites for hydroxylation is 1. The molecule has 0 N–H and O–H groups in total. The summed E-state index contributed by atoms with van der Waals surface area (Å²) in [6.07, 6.45) is -0.179. The maximum Gasteiger partial charge on any atom is 0.338 e. The number of aromatic nitrogens is 1. The molecule has 4 heteroatoms. The molecule has 15 heavy (non-hydrogen) atoms. The SMILES string of the molecule is Cc1cc(C(=O)OC(C)C)cc(=O)n1C. The van der Waals surface area contributed by atoms with E-state index in [2.05, 4.69) is 0 Å². The van der Waals surface area contributed by atoms with E-state index in [9.17, 15) is 9.59 Å². The Morgan fingerprint density at radius 2 is 2.00 bits per heavy atom. The summed E-state index contributed by atoms with van der Waals surface area (Å²) in [5, 5.41) is 0. The number of hydrogen-bond donors (Lipinski definition) is 0. The number of esters is 1. The van der Waals surface area contributed by atoms with Crippen molar-refractivity contribution in [2.24, 2.45) is 7.05 Å². The maximum absolute atomic E-state index is 11.5. The van der Waals surface area contributed by atoms with Gasteiger partial charge in [-0.25, -0.2) is 4.79 Å². The van der Waals surface area contributed by atoms with Crippen molar-refractivity contribution in [2.75, 3.05) is 0 Å². The topological polar surface area (TPSA) is 48.3 Å². The molecule has 1 rings (SSSR count). The van der Waals surface area contributed by atoms with E-state index >= 15 is 0 Å². The third-order valence-electron chi connectivity index (χ3n) is 2.08. The highest BCUT2D eigenvalue weighted by molar-refractivity contribution is 5.89. The largest absolute Gasteiger partial charge is 0.459 e. The zero-order valence-electron chi connectivity index (χ0n) is 9.40. The van der Waals surface area contributed by atoms with E-state index in [4.69, 9.17) is 4.74 Å². The second kappa shape index (κ2) is 4.29. The summed E-state index contributed by atoms with van der Waals surface area (Å²) in [6, 6.07) is 2.93. The minimum atomic E-state index is -0.453. The van der Waals surface area contributed by atoms with Gasteiger partial charge in [0.1, 0.15) is 0 Å². The first-order valence-electron chi connectivity index (χ1n) is 4.80. The van der Waals surface area contributed by atoms with Crippen molar-refractivity contribution in [2.45, 2.75) is 26.9 Å². The molecule has 0 saturated carbocycles. The molecule has 4 nitrogen and oxygen atoms in total. The quantitative estimate of drug-likeness (QED) is 0.689. The minimum Gasteiger partial charge on any atom is -0.459 e. The smallest absolute Gasteiger partial charge is 0.338 e. The lowest BCUT2D eigenvalue weighted by Gasteiger charge is -2.09. The standard InChI is InChI=1S/C11H15NO3/c1-7(2)15-11(14)9-5-8(3)12(4)10(13)6-9/h5-7H,1-4H3. The predicted octanol–water partition coefficient (Wildman–Crippen LogP) is 1.26. The highest BCUT2D eigenvalue weighted by Gasteiger charge is 2.11. The molecule has 1 heterocycles. The normalized spacial score (nSPS) is 10.5. The van der Waals surface area contributed by atoms with Gasteiger partial charge < -0.3 is 9.30 Å². The van der Waals surface area contributed by atoms with Crippen molar-refractivity contribution in [3.05, 3.63) is 33.7 Å². The monoisotopic (exact) mass is 209 g/mol. The van der Waals surface area contributed by atoms with Gasteiger partial charge in [-0.1, -0.05) is 0 Å². The van der Waals surface area contributed by atoms with E-state index in [-0.39, 0.29) is 11.7 Å².